The second kappa shape index (κ2) is 6.34. The summed E-state index contributed by atoms with van der Waals surface area (Å²) in [7, 11) is 0.892. The Morgan fingerprint density at radius 3 is 2.30 bits per heavy atom. The molecule has 0 saturated carbocycles. The predicted octanol–water partition coefficient (Wildman–Crippen LogP) is 0.162. The number of nitrogens with zero attached hydrogens (tertiary/aromatic N) is 2. The molecule has 1 amide bonds. The summed E-state index contributed by atoms with van der Waals surface area (Å²) in [5.74, 6) is -0.271. The summed E-state index contributed by atoms with van der Waals surface area (Å²) in [5.41, 5.74) is 7.02. The summed E-state index contributed by atoms with van der Waals surface area (Å²) in [4.78, 5) is 13.2. The molecule has 1 rings (SSSR count). The van der Waals surface area contributed by atoms with Gasteiger partial charge in [-0.2, -0.15) is 4.31 Å². The highest BCUT2D eigenvalue weighted by Crippen LogP contribution is 2.20. The molecule has 0 aliphatic carbocycles. The second-order valence-corrected chi connectivity index (χ2v) is 6.87. The fraction of sp³-hybridized carbons (Fsp3) is 0.462. The van der Waals surface area contributed by atoms with Gasteiger partial charge < -0.3 is 10.6 Å². The van der Waals surface area contributed by atoms with Crippen molar-refractivity contribution in [1.82, 2.24) is 9.21 Å². The number of carbonyl (C=O) groups is 1. The molecular formula is C13H21N3O3S. The highest BCUT2D eigenvalue weighted by molar-refractivity contribution is 7.89. The van der Waals surface area contributed by atoms with E-state index in [-0.39, 0.29) is 17.3 Å². The first kappa shape index (κ1) is 16.6. The van der Waals surface area contributed by atoms with Gasteiger partial charge in [0.2, 0.25) is 15.9 Å². The van der Waals surface area contributed by atoms with Crippen LogP contribution in [-0.4, -0.2) is 51.2 Å². The van der Waals surface area contributed by atoms with Gasteiger partial charge in [-0.05, 0) is 24.1 Å². The zero-order valence-electron chi connectivity index (χ0n) is 12.3. The molecule has 0 radical (unpaired) electrons. The first-order valence-corrected chi connectivity index (χ1v) is 7.60. The van der Waals surface area contributed by atoms with Crippen molar-refractivity contribution >= 4 is 15.9 Å². The van der Waals surface area contributed by atoms with E-state index in [0.29, 0.717) is 12.1 Å². The average molecular weight is 299 g/mol. The number of sulfonamides is 1. The summed E-state index contributed by atoms with van der Waals surface area (Å²) in [6.45, 7) is 1.89. The Hall–Kier alpha value is -1.44. The van der Waals surface area contributed by atoms with Gasteiger partial charge in [-0.1, -0.05) is 12.1 Å². The van der Waals surface area contributed by atoms with Crippen molar-refractivity contribution in [2.75, 3.05) is 27.7 Å². The molecule has 2 N–H and O–H groups in total. The summed E-state index contributed by atoms with van der Waals surface area (Å²) >= 11 is 0. The molecule has 0 aromatic heterocycles. The zero-order chi connectivity index (χ0) is 15.5. The largest absolute Gasteiger partial charge is 0.348 e. The Bertz CT molecular complexity index is 597. The lowest BCUT2D eigenvalue weighted by Gasteiger charge is -2.20. The number of benzene rings is 1. The van der Waals surface area contributed by atoms with Crippen LogP contribution in [0.5, 0.6) is 0 Å². The maximum absolute atomic E-state index is 12.4. The number of likely N-dealkylation sites (N-methyl/N-ethyl adjacent to an activating group) is 2. The predicted molar refractivity (Wildman–Crippen MR) is 77.6 cm³/mol. The minimum absolute atomic E-state index is 0.187. The number of hydrogen-bond acceptors (Lipinski definition) is 4. The molecule has 1 aromatic rings. The van der Waals surface area contributed by atoms with E-state index in [4.69, 9.17) is 5.73 Å². The third kappa shape index (κ3) is 3.56. The monoisotopic (exact) mass is 299 g/mol. The van der Waals surface area contributed by atoms with E-state index >= 15 is 0 Å². The lowest BCUT2D eigenvalue weighted by molar-refractivity contribution is -0.128. The molecule has 0 bridgehead atoms. The molecule has 0 fully saturated rings. The van der Waals surface area contributed by atoms with Crippen LogP contribution in [0.3, 0.4) is 0 Å². The van der Waals surface area contributed by atoms with Gasteiger partial charge >= 0.3 is 0 Å². The molecule has 0 unspecified atom stereocenters. The van der Waals surface area contributed by atoms with E-state index in [1.165, 1.54) is 18.0 Å². The van der Waals surface area contributed by atoms with Crippen LogP contribution in [-0.2, 0) is 21.4 Å². The number of aryl methyl sites for hydroxylation is 1. The average Bonchev–Trinajstić information content (AvgIpc) is 2.37. The van der Waals surface area contributed by atoms with Crippen molar-refractivity contribution in [2.24, 2.45) is 5.73 Å². The molecule has 0 spiro atoms. The number of amides is 1. The normalized spacial score (nSPS) is 11.7. The zero-order valence-corrected chi connectivity index (χ0v) is 13.1. The highest BCUT2D eigenvalue weighted by atomic mass is 32.2. The third-order valence-corrected chi connectivity index (χ3v) is 4.98. The smallest absolute Gasteiger partial charge is 0.243 e. The third-order valence-electron chi connectivity index (χ3n) is 3.02. The maximum Gasteiger partial charge on any atom is 0.243 e. The molecule has 20 heavy (non-hydrogen) atoms. The van der Waals surface area contributed by atoms with Crippen LogP contribution in [0.25, 0.3) is 0 Å². The Labute approximate surface area is 120 Å². The van der Waals surface area contributed by atoms with E-state index in [1.54, 1.807) is 33.2 Å². The van der Waals surface area contributed by atoms with E-state index in [1.807, 2.05) is 0 Å². The van der Waals surface area contributed by atoms with Crippen molar-refractivity contribution in [1.29, 1.82) is 0 Å². The lowest BCUT2D eigenvalue weighted by atomic mass is 10.1. The first-order valence-electron chi connectivity index (χ1n) is 6.16. The van der Waals surface area contributed by atoms with Crippen LogP contribution < -0.4 is 5.73 Å². The topological polar surface area (TPSA) is 83.7 Å². The van der Waals surface area contributed by atoms with Crippen molar-refractivity contribution in [3.8, 4) is 0 Å². The molecule has 112 valence electrons. The Kier molecular flexibility index (Phi) is 5.27. The molecule has 0 aliphatic heterocycles. The second-order valence-electron chi connectivity index (χ2n) is 4.85. The van der Waals surface area contributed by atoms with E-state index < -0.39 is 10.0 Å². The van der Waals surface area contributed by atoms with Gasteiger partial charge in [0.05, 0.1) is 11.4 Å². The van der Waals surface area contributed by atoms with Gasteiger partial charge in [0.1, 0.15) is 0 Å². The van der Waals surface area contributed by atoms with Crippen molar-refractivity contribution in [2.45, 2.75) is 18.4 Å². The minimum Gasteiger partial charge on any atom is -0.348 e. The first-order chi connectivity index (χ1) is 9.20. The van der Waals surface area contributed by atoms with Gasteiger partial charge in [0, 0.05) is 27.7 Å². The summed E-state index contributed by atoms with van der Waals surface area (Å²) in [6, 6.07) is 4.96. The van der Waals surface area contributed by atoms with Crippen LogP contribution >= 0.6 is 0 Å². The fourth-order valence-corrected chi connectivity index (χ4v) is 3.03. The van der Waals surface area contributed by atoms with Gasteiger partial charge in [0.15, 0.2) is 0 Å². The standard InChI is InChI=1S/C13H21N3O3S/c1-10-7-11(8-14)5-6-12(10)20(18,19)16(4)9-13(17)15(2)3/h5-7H,8-9,14H2,1-4H3. The quantitative estimate of drug-likeness (QED) is 0.839. The van der Waals surface area contributed by atoms with Crippen LogP contribution in [0.2, 0.25) is 0 Å². The van der Waals surface area contributed by atoms with Crippen molar-refractivity contribution < 1.29 is 13.2 Å². The molecule has 7 heteroatoms. The van der Waals surface area contributed by atoms with Crippen LogP contribution in [0, 0.1) is 6.92 Å². The van der Waals surface area contributed by atoms with Crippen molar-refractivity contribution in [3.63, 3.8) is 0 Å². The molecule has 0 saturated heterocycles. The molecule has 0 heterocycles. The SMILES string of the molecule is Cc1cc(CN)ccc1S(=O)(=O)N(C)CC(=O)N(C)C. The van der Waals surface area contributed by atoms with E-state index in [2.05, 4.69) is 0 Å². The molecule has 0 atom stereocenters. The Morgan fingerprint density at radius 1 is 1.25 bits per heavy atom. The van der Waals surface area contributed by atoms with Gasteiger partial charge in [-0.25, -0.2) is 8.42 Å². The van der Waals surface area contributed by atoms with Crippen LogP contribution in [0.1, 0.15) is 11.1 Å². The maximum atomic E-state index is 12.4. The summed E-state index contributed by atoms with van der Waals surface area (Å²) < 4.78 is 25.9. The fourth-order valence-electron chi connectivity index (χ4n) is 1.71. The molecule has 6 nitrogen and oxygen atoms in total. The number of rotatable bonds is 5. The Balaban J connectivity index is 3.07. The molecular weight excluding hydrogens is 278 g/mol. The number of nitrogens with two attached hydrogens (primary N) is 1. The summed E-state index contributed by atoms with van der Waals surface area (Å²) in [6.07, 6.45) is 0. The van der Waals surface area contributed by atoms with Gasteiger partial charge in [0.25, 0.3) is 0 Å². The molecule has 1 aromatic carbocycles. The molecule has 0 aliphatic rings. The van der Waals surface area contributed by atoms with Gasteiger partial charge in [-0.15, -0.1) is 0 Å². The lowest BCUT2D eigenvalue weighted by Crippen LogP contribution is -2.38. The highest BCUT2D eigenvalue weighted by Gasteiger charge is 2.25. The minimum atomic E-state index is -3.68. The Morgan fingerprint density at radius 2 is 1.85 bits per heavy atom. The number of hydrogen-bond donors (Lipinski definition) is 1. The van der Waals surface area contributed by atoms with Crippen LogP contribution in [0.4, 0.5) is 0 Å². The van der Waals surface area contributed by atoms with Gasteiger partial charge in [-0.3, -0.25) is 4.79 Å². The van der Waals surface area contributed by atoms with Crippen molar-refractivity contribution in [3.05, 3.63) is 29.3 Å². The summed E-state index contributed by atoms with van der Waals surface area (Å²) in [5, 5.41) is 0. The van der Waals surface area contributed by atoms with E-state index in [9.17, 15) is 13.2 Å². The number of carbonyl (C=O) groups excluding carboxylic acids is 1. The van der Waals surface area contributed by atoms with Crippen LogP contribution in [0.15, 0.2) is 23.1 Å². The van der Waals surface area contributed by atoms with E-state index in [0.717, 1.165) is 9.87 Å².